The van der Waals surface area contributed by atoms with Gasteiger partial charge in [0.2, 0.25) is 0 Å². The summed E-state index contributed by atoms with van der Waals surface area (Å²) >= 11 is 0. The zero-order chi connectivity index (χ0) is 6.10. The average molecular weight is 123 g/mol. The Hall–Kier alpha value is -0.760. The van der Waals surface area contributed by atoms with Gasteiger partial charge in [-0.15, -0.1) is 0 Å². The molecule has 1 aliphatic heterocycles. The normalized spacial score (nSPS) is 17.3. The fourth-order valence-electron chi connectivity index (χ4n) is 1.33. The van der Waals surface area contributed by atoms with Crippen LogP contribution in [0.1, 0.15) is 5.69 Å². The average Bonchev–Trinajstić information content (AvgIpc) is 2.33. The molecule has 2 heteroatoms. The lowest BCUT2D eigenvalue weighted by Crippen LogP contribution is -2.85. The summed E-state index contributed by atoms with van der Waals surface area (Å²) in [5.74, 6) is 0. The maximum Gasteiger partial charge on any atom is 0.116 e. The highest BCUT2D eigenvalue weighted by molar-refractivity contribution is 5.06. The quantitative estimate of drug-likeness (QED) is 0.483. The smallest absolute Gasteiger partial charge is 0.116 e. The van der Waals surface area contributed by atoms with Crippen LogP contribution in [0.15, 0.2) is 18.3 Å². The van der Waals surface area contributed by atoms with Gasteiger partial charge in [0.05, 0.1) is 18.8 Å². The Bertz CT molecular complexity index is 182. The van der Waals surface area contributed by atoms with Gasteiger partial charge in [-0.2, -0.15) is 0 Å². The van der Waals surface area contributed by atoms with E-state index in [9.17, 15) is 0 Å². The van der Waals surface area contributed by atoms with Crippen LogP contribution >= 0.6 is 0 Å². The van der Waals surface area contributed by atoms with E-state index in [1.54, 1.807) is 0 Å². The summed E-state index contributed by atoms with van der Waals surface area (Å²) < 4.78 is 2.32. The molecule has 2 rings (SSSR count). The predicted octanol–water partition coefficient (Wildman–Crippen LogP) is -0.435. The molecule has 9 heavy (non-hydrogen) atoms. The monoisotopic (exact) mass is 123 g/mol. The Morgan fingerprint density at radius 3 is 3.44 bits per heavy atom. The van der Waals surface area contributed by atoms with Crippen molar-refractivity contribution in [3.63, 3.8) is 0 Å². The Morgan fingerprint density at radius 1 is 1.56 bits per heavy atom. The van der Waals surface area contributed by atoms with E-state index in [2.05, 4.69) is 28.2 Å². The van der Waals surface area contributed by atoms with Crippen LogP contribution in [0.2, 0.25) is 0 Å². The lowest BCUT2D eigenvalue weighted by atomic mass is 10.3. The van der Waals surface area contributed by atoms with Gasteiger partial charge in [-0.1, -0.05) is 0 Å². The lowest BCUT2D eigenvalue weighted by molar-refractivity contribution is -0.677. The summed E-state index contributed by atoms with van der Waals surface area (Å²) in [6.07, 6.45) is 2.16. The molecule has 2 nitrogen and oxygen atoms in total. The number of aromatic nitrogens is 1. The zero-order valence-electron chi connectivity index (χ0n) is 5.38. The molecule has 0 atom stereocenters. The third-order valence-electron chi connectivity index (χ3n) is 1.85. The molecule has 0 unspecified atom stereocenters. The van der Waals surface area contributed by atoms with E-state index in [1.165, 1.54) is 18.8 Å². The molecular formula is C7H11N2+. The van der Waals surface area contributed by atoms with E-state index >= 15 is 0 Å². The van der Waals surface area contributed by atoms with Crippen molar-refractivity contribution in [2.75, 3.05) is 6.54 Å². The number of hydrogen-bond acceptors (Lipinski definition) is 0. The van der Waals surface area contributed by atoms with Gasteiger partial charge in [0, 0.05) is 6.20 Å². The second kappa shape index (κ2) is 1.88. The minimum absolute atomic E-state index is 1.16. The van der Waals surface area contributed by atoms with Crippen molar-refractivity contribution in [1.82, 2.24) is 4.57 Å². The molecule has 0 spiro atoms. The molecule has 1 aromatic rings. The Labute approximate surface area is 54.5 Å². The largest absolute Gasteiger partial charge is 0.341 e. The van der Waals surface area contributed by atoms with E-state index in [-0.39, 0.29) is 0 Å². The van der Waals surface area contributed by atoms with Crippen molar-refractivity contribution in [2.24, 2.45) is 0 Å². The van der Waals surface area contributed by atoms with Crippen LogP contribution in [0.4, 0.5) is 0 Å². The van der Waals surface area contributed by atoms with Crippen molar-refractivity contribution >= 4 is 0 Å². The maximum atomic E-state index is 2.34. The molecular weight excluding hydrogens is 112 g/mol. The maximum absolute atomic E-state index is 2.34. The zero-order valence-corrected chi connectivity index (χ0v) is 5.38. The summed E-state index contributed by atoms with van der Waals surface area (Å²) in [6.45, 7) is 3.58. The molecule has 2 heterocycles. The Kier molecular flexibility index (Phi) is 1.06. The molecule has 0 radical (unpaired) electrons. The molecule has 1 aromatic heterocycles. The first-order valence-electron chi connectivity index (χ1n) is 3.42. The molecule has 0 aliphatic carbocycles. The molecule has 0 saturated heterocycles. The van der Waals surface area contributed by atoms with Gasteiger partial charge in [0.25, 0.3) is 0 Å². The lowest BCUT2D eigenvalue weighted by Gasteiger charge is -2.12. The highest BCUT2D eigenvalue weighted by Crippen LogP contribution is 2.00. The fraction of sp³-hybridized carbons (Fsp3) is 0.429. The predicted molar refractivity (Wildman–Crippen MR) is 34.9 cm³/mol. The highest BCUT2D eigenvalue weighted by Gasteiger charge is 2.07. The second-order valence-electron chi connectivity index (χ2n) is 2.47. The van der Waals surface area contributed by atoms with Crippen molar-refractivity contribution in [1.29, 1.82) is 0 Å². The third-order valence-corrected chi connectivity index (χ3v) is 1.85. The van der Waals surface area contributed by atoms with Crippen molar-refractivity contribution < 1.29 is 5.32 Å². The van der Waals surface area contributed by atoms with E-state index in [1.807, 2.05) is 0 Å². The summed E-state index contributed by atoms with van der Waals surface area (Å²) in [5, 5.41) is 2.34. The standard InChI is InChI=1S/C7H10N2/c1-2-7-6-8-3-5-9(7)4-1/h1-2,4,8H,3,5-6H2/p+1. The topological polar surface area (TPSA) is 21.5 Å². The molecule has 0 fully saturated rings. The molecule has 0 saturated carbocycles. The van der Waals surface area contributed by atoms with Gasteiger partial charge >= 0.3 is 0 Å². The van der Waals surface area contributed by atoms with Crippen LogP contribution in [0.5, 0.6) is 0 Å². The number of nitrogens with zero attached hydrogens (tertiary/aromatic N) is 1. The van der Waals surface area contributed by atoms with Crippen molar-refractivity contribution in [3.05, 3.63) is 24.0 Å². The summed E-state index contributed by atoms with van der Waals surface area (Å²) in [4.78, 5) is 0. The van der Waals surface area contributed by atoms with E-state index in [0.29, 0.717) is 0 Å². The molecule has 48 valence electrons. The van der Waals surface area contributed by atoms with Gasteiger partial charge in [-0.3, -0.25) is 0 Å². The minimum atomic E-state index is 1.16. The summed E-state index contributed by atoms with van der Waals surface area (Å²) in [5.41, 5.74) is 1.46. The van der Waals surface area contributed by atoms with Gasteiger partial charge < -0.3 is 9.88 Å². The SMILES string of the molecule is c1cc2n(c1)CC[NH2+]C2. The van der Waals surface area contributed by atoms with Crippen LogP contribution in [0.25, 0.3) is 0 Å². The third kappa shape index (κ3) is 0.754. The Balaban J connectivity index is 2.39. The van der Waals surface area contributed by atoms with Gasteiger partial charge in [-0.25, -0.2) is 0 Å². The molecule has 1 aliphatic rings. The fourth-order valence-corrected chi connectivity index (χ4v) is 1.33. The van der Waals surface area contributed by atoms with Gasteiger partial charge in [0.1, 0.15) is 6.54 Å². The van der Waals surface area contributed by atoms with Gasteiger partial charge in [0.15, 0.2) is 0 Å². The first kappa shape index (κ1) is 5.06. The van der Waals surface area contributed by atoms with Crippen molar-refractivity contribution in [2.45, 2.75) is 13.1 Å². The minimum Gasteiger partial charge on any atom is -0.341 e. The number of rotatable bonds is 0. The number of nitrogens with two attached hydrogens (primary N) is 1. The number of hydrogen-bond donors (Lipinski definition) is 1. The Morgan fingerprint density at radius 2 is 2.56 bits per heavy atom. The second-order valence-corrected chi connectivity index (χ2v) is 2.47. The van der Waals surface area contributed by atoms with E-state index in [0.717, 1.165) is 6.54 Å². The number of quaternary nitrogens is 1. The van der Waals surface area contributed by atoms with Crippen LogP contribution in [-0.4, -0.2) is 11.1 Å². The molecule has 0 aromatic carbocycles. The summed E-state index contributed by atoms with van der Waals surface area (Å²) in [7, 11) is 0. The highest BCUT2D eigenvalue weighted by atomic mass is 15.1. The molecule has 0 amide bonds. The first-order valence-corrected chi connectivity index (χ1v) is 3.42. The van der Waals surface area contributed by atoms with E-state index < -0.39 is 0 Å². The van der Waals surface area contributed by atoms with Crippen molar-refractivity contribution in [3.8, 4) is 0 Å². The van der Waals surface area contributed by atoms with Crippen LogP contribution in [0.3, 0.4) is 0 Å². The van der Waals surface area contributed by atoms with Gasteiger partial charge in [-0.05, 0) is 12.1 Å². The summed E-state index contributed by atoms with van der Waals surface area (Å²) in [6, 6.07) is 4.31. The molecule has 0 bridgehead atoms. The van der Waals surface area contributed by atoms with E-state index in [4.69, 9.17) is 0 Å². The van der Waals surface area contributed by atoms with Crippen LogP contribution in [0, 0.1) is 0 Å². The van der Waals surface area contributed by atoms with Crippen LogP contribution < -0.4 is 5.32 Å². The first-order chi connectivity index (χ1) is 4.47. The number of fused-ring (bicyclic) bond motifs is 1. The molecule has 2 N–H and O–H groups in total. The van der Waals surface area contributed by atoms with Crippen LogP contribution in [-0.2, 0) is 13.1 Å².